The number of carboxylic acids is 2. The molecule has 0 amide bonds. The van der Waals surface area contributed by atoms with E-state index >= 15 is 0 Å². The molecule has 5 aromatic carbocycles. The van der Waals surface area contributed by atoms with Gasteiger partial charge >= 0.3 is 23.9 Å². The number of benzene rings is 5. The van der Waals surface area contributed by atoms with E-state index in [4.69, 9.17) is 9.47 Å². The molecule has 0 unspecified atom stereocenters. The maximum Gasteiger partial charge on any atom is 0.338 e. The van der Waals surface area contributed by atoms with Crippen LogP contribution in [0, 0.1) is 0 Å². The van der Waals surface area contributed by atoms with Crippen molar-refractivity contribution in [2.45, 2.75) is 26.7 Å². The van der Waals surface area contributed by atoms with Gasteiger partial charge in [-0.05, 0) is 69.4 Å². The number of fused-ring (bicyclic) bond motifs is 2. The van der Waals surface area contributed by atoms with Gasteiger partial charge in [0, 0.05) is 10.8 Å². The number of ether oxygens (including phenoxy) is 2. The molecule has 5 rings (SSSR count). The van der Waals surface area contributed by atoms with Gasteiger partial charge < -0.3 is 19.7 Å². The van der Waals surface area contributed by atoms with Crippen LogP contribution in [0.3, 0.4) is 0 Å². The standard InChI is InChI=1S/C30H24O8/c1-3-13-37-29(35)21-11-7-17-16-6-10-20(28(33)34)26-22(30(36)38-14-4-2)12-8-18(24(16)26)15-5-9-19(27(31)32)25(21)23(15)17/h5-12H,3-4,13-14H2,1-2H3,(H,31,32)(H,33,34). The van der Waals surface area contributed by atoms with Crippen molar-refractivity contribution in [3.05, 3.63) is 70.8 Å². The number of aromatic carboxylic acids is 2. The largest absolute Gasteiger partial charge is 0.478 e. The van der Waals surface area contributed by atoms with Gasteiger partial charge in [-0.25, -0.2) is 19.2 Å². The molecule has 8 nitrogen and oxygen atoms in total. The van der Waals surface area contributed by atoms with Crippen LogP contribution in [0.5, 0.6) is 0 Å². The molecule has 0 radical (unpaired) electrons. The van der Waals surface area contributed by atoms with E-state index in [2.05, 4.69) is 0 Å². The number of carbonyl (C=O) groups excluding carboxylic acids is 2. The van der Waals surface area contributed by atoms with Crippen LogP contribution in [0.4, 0.5) is 0 Å². The van der Waals surface area contributed by atoms with Crippen LogP contribution >= 0.6 is 0 Å². The lowest BCUT2D eigenvalue weighted by molar-refractivity contribution is 0.0498. The van der Waals surface area contributed by atoms with Gasteiger partial charge in [0.2, 0.25) is 0 Å². The summed E-state index contributed by atoms with van der Waals surface area (Å²) in [6.45, 7) is 4.12. The van der Waals surface area contributed by atoms with E-state index in [0.29, 0.717) is 45.2 Å². The number of carboxylic acid groups (broad SMARTS) is 2. The van der Waals surface area contributed by atoms with Crippen LogP contribution in [0.15, 0.2) is 48.5 Å². The minimum atomic E-state index is -1.19. The van der Waals surface area contributed by atoms with Crippen LogP contribution < -0.4 is 0 Å². The van der Waals surface area contributed by atoms with Gasteiger partial charge in [-0.3, -0.25) is 0 Å². The lowest BCUT2D eigenvalue weighted by Crippen LogP contribution is -2.11. The second kappa shape index (κ2) is 9.63. The van der Waals surface area contributed by atoms with Crippen molar-refractivity contribution in [3.8, 4) is 0 Å². The lowest BCUT2D eigenvalue weighted by Gasteiger charge is -2.19. The molecule has 2 N–H and O–H groups in total. The fourth-order valence-electron chi connectivity index (χ4n) is 5.13. The number of hydrogen-bond donors (Lipinski definition) is 2. The van der Waals surface area contributed by atoms with E-state index < -0.39 is 23.9 Å². The molecule has 192 valence electrons. The van der Waals surface area contributed by atoms with E-state index in [9.17, 15) is 29.4 Å². The summed E-state index contributed by atoms with van der Waals surface area (Å²) in [4.78, 5) is 50.4. The molecule has 0 bridgehead atoms. The fraction of sp³-hybridized carbons (Fsp3) is 0.200. The molecule has 0 atom stereocenters. The van der Waals surface area contributed by atoms with E-state index in [0.717, 1.165) is 0 Å². The zero-order valence-corrected chi connectivity index (χ0v) is 20.8. The Balaban J connectivity index is 1.97. The number of hydrogen-bond acceptors (Lipinski definition) is 6. The molecule has 0 aliphatic heterocycles. The smallest absolute Gasteiger partial charge is 0.338 e. The van der Waals surface area contributed by atoms with Crippen molar-refractivity contribution < 1.29 is 38.9 Å². The minimum absolute atomic E-state index is 0.0457. The maximum absolute atomic E-state index is 13.0. The highest BCUT2D eigenvalue weighted by Gasteiger charge is 2.26. The SMILES string of the molecule is CCCOC(=O)c1ccc2c3ccc(C(=O)O)c4c(C(=O)OCCC)ccc(c5ccc(C(=O)O)c1c52)c43. The summed E-state index contributed by atoms with van der Waals surface area (Å²) in [7, 11) is 0. The minimum Gasteiger partial charge on any atom is -0.478 e. The first-order chi connectivity index (χ1) is 18.3. The third-order valence-electron chi connectivity index (χ3n) is 6.68. The highest BCUT2D eigenvalue weighted by Crippen LogP contribution is 2.44. The van der Waals surface area contributed by atoms with E-state index in [1.807, 2.05) is 13.8 Å². The second-order valence-electron chi connectivity index (χ2n) is 9.02. The zero-order chi connectivity index (χ0) is 27.1. The Hall–Kier alpha value is -4.72. The molecule has 0 saturated carbocycles. The highest BCUT2D eigenvalue weighted by atomic mass is 16.5. The fourth-order valence-corrected chi connectivity index (χ4v) is 5.13. The topological polar surface area (TPSA) is 127 Å². The summed E-state index contributed by atoms with van der Waals surface area (Å²) in [6.07, 6.45) is 1.23. The van der Waals surface area contributed by atoms with Gasteiger partial charge in [0.15, 0.2) is 0 Å². The van der Waals surface area contributed by atoms with Crippen molar-refractivity contribution in [1.29, 1.82) is 0 Å². The van der Waals surface area contributed by atoms with Crippen molar-refractivity contribution in [2.75, 3.05) is 13.2 Å². The number of esters is 2. The normalized spacial score (nSPS) is 11.4. The van der Waals surface area contributed by atoms with Gasteiger partial charge in [0.05, 0.1) is 35.5 Å². The molecule has 5 aromatic rings. The van der Waals surface area contributed by atoms with Crippen molar-refractivity contribution in [3.63, 3.8) is 0 Å². The third kappa shape index (κ3) is 3.76. The van der Waals surface area contributed by atoms with Crippen LogP contribution in [0.25, 0.3) is 43.1 Å². The van der Waals surface area contributed by atoms with E-state index in [-0.39, 0.29) is 46.2 Å². The molecule has 0 fully saturated rings. The maximum atomic E-state index is 13.0. The van der Waals surface area contributed by atoms with Gasteiger partial charge in [0.1, 0.15) is 0 Å². The molecule has 0 saturated heterocycles. The predicted molar refractivity (Wildman–Crippen MR) is 143 cm³/mol. The van der Waals surface area contributed by atoms with Crippen LogP contribution in [-0.2, 0) is 9.47 Å². The zero-order valence-electron chi connectivity index (χ0n) is 20.8. The molecule has 0 spiro atoms. The molecule has 0 aliphatic rings. The monoisotopic (exact) mass is 512 g/mol. The first kappa shape index (κ1) is 25.0. The first-order valence-electron chi connectivity index (χ1n) is 12.3. The Morgan fingerprint density at radius 3 is 1.13 bits per heavy atom. The quantitative estimate of drug-likeness (QED) is 0.142. The lowest BCUT2D eigenvalue weighted by atomic mass is 9.84. The van der Waals surface area contributed by atoms with Gasteiger partial charge in [-0.1, -0.05) is 38.1 Å². The Kier molecular flexibility index (Phi) is 6.32. The Labute approximate surface area is 216 Å². The van der Waals surface area contributed by atoms with Crippen molar-refractivity contribution in [2.24, 2.45) is 0 Å². The molecule has 0 aliphatic carbocycles. The molecular formula is C30H24O8. The summed E-state index contributed by atoms with van der Waals surface area (Å²) < 4.78 is 10.7. The van der Waals surface area contributed by atoms with Crippen molar-refractivity contribution >= 4 is 67.0 Å². The van der Waals surface area contributed by atoms with Crippen molar-refractivity contribution in [1.82, 2.24) is 0 Å². The summed E-state index contributed by atoms with van der Waals surface area (Å²) in [5.41, 5.74) is 0.183. The van der Waals surface area contributed by atoms with Crippen LogP contribution in [-0.4, -0.2) is 47.3 Å². The Bertz CT molecular complexity index is 1630. The van der Waals surface area contributed by atoms with E-state index in [1.165, 1.54) is 24.3 Å². The highest BCUT2D eigenvalue weighted by molar-refractivity contribution is 6.38. The average molecular weight is 513 g/mol. The summed E-state index contributed by atoms with van der Waals surface area (Å²) in [5, 5.41) is 24.1. The molecular weight excluding hydrogens is 488 g/mol. The Morgan fingerprint density at radius 1 is 0.526 bits per heavy atom. The number of carbonyl (C=O) groups is 4. The van der Waals surface area contributed by atoms with Gasteiger partial charge in [-0.2, -0.15) is 0 Å². The third-order valence-corrected chi connectivity index (χ3v) is 6.68. The van der Waals surface area contributed by atoms with Gasteiger partial charge in [-0.15, -0.1) is 0 Å². The molecule has 8 heteroatoms. The average Bonchev–Trinajstić information content (AvgIpc) is 2.91. The van der Waals surface area contributed by atoms with Gasteiger partial charge in [0.25, 0.3) is 0 Å². The summed E-state index contributed by atoms with van der Waals surface area (Å²) >= 11 is 0. The summed E-state index contributed by atoms with van der Waals surface area (Å²) in [5.74, 6) is -3.62. The summed E-state index contributed by atoms with van der Waals surface area (Å²) in [6, 6.07) is 12.7. The van der Waals surface area contributed by atoms with Crippen LogP contribution in [0.2, 0.25) is 0 Å². The Morgan fingerprint density at radius 2 is 0.842 bits per heavy atom. The predicted octanol–water partition coefficient (Wildman–Crippen LogP) is 6.27. The molecule has 0 heterocycles. The first-order valence-corrected chi connectivity index (χ1v) is 12.3. The van der Waals surface area contributed by atoms with E-state index in [1.54, 1.807) is 24.3 Å². The van der Waals surface area contributed by atoms with Crippen LogP contribution in [0.1, 0.15) is 68.1 Å². The molecule has 0 aromatic heterocycles. The second-order valence-corrected chi connectivity index (χ2v) is 9.02. The molecule has 38 heavy (non-hydrogen) atoms. The number of rotatable bonds is 8.